The molecule has 5 nitrogen and oxygen atoms in total. The summed E-state index contributed by atoms with van der Waals surface area (Å²) in [6.45, 7) is 0. The summed E-state index contributed by atoms with van der Waals surface area (Å²) in [5.74, 6) is -0.446. The highest BCUT2D eigenvalue weighted by Gasteiger charge is 2.28. The van der Waals surface area contributed by atoms with E-state index in [9.17, 15) is 13.2 Å². The first kappa shape index (κ1) is 20.3. The molecule has 4 aromatic rings. The average molecular weight is 457 g/mol. The molecule has 0 saturated carbocycles. The van der Waals surface area contributed by atoms with Crippen molar-refractivity contribution < 1.29 is 13.2 Å². The molecule has 150 valence electrons. The Labute approximate surface area is 183 Å². The van der Waals surface area contributed by atoms with Gasteiger partial charge in [-0.1, -0.05) is 53.5 Å². The third-order valence-corrected chi connectivity index (χ3v) is 6.75. The molecule has 0 fully saturated rings. The van der Waals surface area contributed by atoms with Crippen LogP contribution in [0.3, 0.4) is 0 Å². The van der Waals surface area contributed by atoms with Gasteiger partial charge in [-0.25, -0.2) is 8.42 Å². The highest BCUT2D eigenvalue weighted by molar-refractivity contribution is 7.91. The van der Waals surface area contributed by atoms with E-state index < -0.39 is 15.7 Å². The Balaban J connectivity index is 1.94. The summed E-state index contributed by atoms with van der Waals surface area (Å²) in [6, 6.07) is 20.9. The molecule has 30 heavy (non-hydrogen) atoms. The first-order valence-electron chi connectivity index (χ1n) is 8.82. The second-order valence-corrected chi connectivity index (χ2v) is 9.20. The Morgan fingerprint density at radius 1 is 0.800 bits per heavy atom. The molecule has 0 radical (unpaired) electrons. The Kier molecular flexibility index (Phi) is 5.47. The van der Waals surface area contributed by atoms with Crippen molar-refractivity contribution in [1.82, 2.24) is 9.78 Å². The topological polar surface area (TPSA) is 69.0 Å². The Morgan fingerprint density at radius 3 is 1.97 bits per heavy atom. The van der Waals surface area contributed by atoms with Crippen molar-refractivity contribution in [3.8, 4) is 11.3 Å². The van der Waals surface area contributed by atoms with Crippen LogP contribution in [0, 0.1) is 0 Å². The summed E-state index contributed by atoms with van der Waals surface area (Å²) in [5.41, 5.74) is 1.04. The van der Waals surface area contributed by atoms with Gasteiger partial charge in [-0.3, -0.25) is 4.79 Å². The molecular formula is C22H14Cl2N2O3S. The second-order valence-electron chi connectivity index (χ2n) is 6.40. The third-order valence-electron chi connectivity index (χ3n) is 4.48. The smallest absolute Gasteiger partial charge is 0.267 e. The number of nitrogens with zero attached hydrogens (tertiary/aromatic N) is 2. The van der Waals surface area contributed by atoms with Gasteiger partial charge in [-0.15, -0.1) is 0 Å². The fourth-order valence-corrected chi connectivity index (χ4v) is 4.65. The van der Waals surface area contributed by atoms with Crippen molar-refractivity contribution >= 4 is 38.9 Å². The summed E-state index contributed by atoms with van der Waals surface area (Å²) in [7, 11) is -3.97. The molecule has 1 aromatic heterocycles. The van der Waals surface area contributed by atoms with E-state index in [-0.39, 0.29) is 15.5 Å². The molecule has 0 atom stereocenters. The predicted molar refractivity (Wildman–Crippen MR) is 116 cm³/mol. The van der Waals surface area contributed by atoms with Crippen molar-refractivity contribution in [2.75, 3.05) is 0 Å². The maximum absolute atomic E-state index is 13.3. The van der Waals surface area contributed by atoms with Crippen molar-refractivity contribution in [3.05, 3.63) is 101 Å². The number of hydrogen-bond donors (Lipinski definition) is 0. The Hall–Kier alpha value is -2.93. The third kappa shape index (κ3) is 3.77. The molecular weight excluding hydrogens is 443 g/mol. The van der Waals surface area contributed by atoms with Gasteiger partial charge in [-0.05, 0) is 48.5 Å². The predicted octanol–water partition coefficient (Wildman–Crippen LogP) is 5.38. The van der Waals surface area contributed by atoms with Crippen LogP contribution in [0.2, 0.25) is 10.0 Å². The zero-order chi connectivity index (χ0) is 21.3. The minimum absolute atomic E-state index is 0.0498. The van der Waals surface area contributed by atoms with Crippen LogP contribution in [0.1, 0.15) is 10.4 Å². The molecule has 0 bridgehead atoms. The molecule has 8 heteroatoms. The highest BCUT2D eigenvalue weighted by Crippen LogP contribution is 2.33. The zero-order valence-electron chi connectivity index (χ0n) is 15.4. The molecule has 3 aromatic carbocycles. The van der Waals surface area contributed by atoms with Gasteiger partial charge in [0, 0.05) is 21.2 Å². The number of carbonyl (C=O) groups excluding carboxylic acids is 1. The van der Waals surface area contributed by atoms with Crippen LogP contribution >= 0.6 is 23.2 Å². The maximum Gasteiger partial charge on any atom is 0.278 e. The molecule has 0 N–H and O–H groups in total. The van der Waals surface area contributed by atoms with Crippen molar-refractivity contribution in [2.45, 2.75) is 9.79 Å². The second kappa shape index (κ2) is 8.07. The number of sulfone groups is 1. The Morgan fingerprint density at radius 2 is 1.37 bits per heavy atom. The number of aromatic nitrogens is 2. The summed E-state index contributed by atoms with van der Waals surface area (Å²) >= 11 is 11.9. The van der Waals surface area contributed by atoms with Gasteiger partial charge in [0.05, 0.1) is 16.8 Å². The molecule has 0 unspecified atom stereocenters. The molecule has 0 amide bonds. The van der Waals surface area contributed by atoms with Gasteiger partial charge in [0.1, 0.15) is 4.90 Å². The van der Waals surface area contributed by atoms with Crippen molar-refractivity contribution in [1.29, 1.82) is 0 Å². The van der Waals surface area contributed by atoms with Gasteiger partial charge in [0.2, 0.25) is 9.84 Å². The average Bonchev–Trinajstić information content (AvgIpc) is 3.21. The van der Waals surface area contributed by atoms with Crippen LogP contribution in [0.5, 0.6) is 0 Å². The van der Waals surface area contributed by atoms with Gasteiger partial charge in [-0.2, -0.15) is 9.78 Å². The summed E-state index contributed by atoms with van der Waals surface area (Å²) in [4.78, 5) is 13.1. The van der Waals surface area contributed by atoms with Crippen LogP contribution in [-0.4, -0.2) is 24.1 Å². The SMILES string of the molecule is O=C(c1ccccc1)n1ncc(S(=O)(=O)c2ccc(Cl)cc2)c1-c1ccc(Cl)cc1. The number of hydrogen-bond acceptors (Lipinski definition) is 4. The zero-order valence-corrected chi connectivity index (χ0v) is 17.7. The molecule has 0 saturated heterocycles. The van der Waals surface area contributed by atoms with Crippen LogP contribution < -0.4 is 0 Å². The highest BCUT2D eigenvalue weighted by atomic mass is 35.5. The first-order chi connectivity index (χ1) is 14.4. The largest absolute Gasteiger partial charge is 0.278 e. The van der Waals surface area contributed by atoms with Gasteiger partial charge in [0.15, 0.2) is 0 Å². The van der Waals surface area contributed by atoms with E-state index in [0.717, 1.165) is 4.68 Å². The maximum atomic E-state index is 13.3. The molecule has 0 spiro atoms. The lowest BCUT2D eigenvalue weighted by Gasteiger charge is -2.10. The summed E-state index contributed by atoms with van der Waals surface area (Å²) in [6.07, 6.45) is 1.19. The van der Waals surface area contributed by atoms with E-state index in [0.29, 0.717) is 21.2 Å². The van der Waals surface area contributed by atoms with Crippen LogP contribution in [0.15, 0.2) is 94.9 Å². The monoisotopic (exact) mass is 456 g/mol. The number of halogens is 2. The Bertz CT molecular complexity index is 1320. The van der Waals surface area contributed by atoms with Crippen molar-refractivity contribution in [3.63, 3.8) is 0 Å². The summed E-state index contributed by atoms with van der Waals surface area (Å²) < 4.78 is 27.8. The van der Waals surface area contributed by atoms with E-state index in [1.165, 1.54) is 30.5 Å². The lowest BCUT2D eigenvalue weighted by atomic mass is 10.1. The molecule has 4 rings (SSSR count). The summed E-state index contributed by atoms with van der Waals surface area (Å²) in [5, 5.41) is 5.04. The quantitative estimate of drug-likeness (QED) is 0.413. The fourth-order valence-electron chi connectivity index (χ4n) is 3.00. The van der Waals surface area contributed by atoms with Crippen LogP contribution in [0.4, 0.5) is 0 Å². The minimum Gasteiger partial charge on any atom is -0.267 e. The molecule has 1 heterocycles. The van der Waals surface area contributed by atoms with E-state index in [1.807, 2.05) is 0 Å². The molecule has 0 aliphatic carbocycles. The van der Waals surface area contributed by atoms with Gasteiger partial charge < -0.3 is 0 Å². The lowest BCUT2D eigenvalue weighted by molar-refractivity contribution is 0.0947. The van der Waals surface area contributed by atoms with Crippen LogP contribution in [0.25, 0.3) is 11.3 Å². The van der Waals surface area contributed by atoms with E-state index >= 15 is 0 Å². The van der Waals surface area contributed by atoms with Crippen LogP contribution in [-0.2, 0) is 9.84 Å². The molecule has 0 aliphatic rings. The van der Waals surface area contributed by atoms with E-state index in [2.05, 4.69) is 5.10 Å². The van der Waals surface area contributed by atoms with Gasteiger partial charge >= 0.3 is 0 Å². The van der Waals surface area contributed by atoms with E-state index in [4.69, 9.17) is 23.2 Å². The number of rotatable bonds is 4. The number of carbonyl (C=O) groups is 1. The standard InChI is InChI=1S/C22H14Cl2N2O3S/c23-17-8-6-15(7-9-17)21-20(30(28,29)19-12-10-18(24)11-13-19)14-25-26(21)22(27)16-4-2-1-3-5-16/h1-14H. The lowest BCUT2D eigenvalue weighted by Crippen LogP contribution is -2.15. The van der Waals surface area contributed by atoms with Gasteiger partial charge in [0.25, 0.3) is 5.91 Å². The first-order valence-corrected chi connectivity index (χ1v) is 11.1. The fraction of sp³-hybridized carbons (Fsp3) is 0. The van der Waals surface area contributed by atoms with Crippen molar-refractivity contribution in [2.24, 2.45) is 0 Å². The minimum atomic E-state index is -3.97. The molecule has 0 aliphatic heterocycles. The normalized spacial score (nSPS) is 11.4. The van der Waals surface area contributed by atoms with E-state index in [1.54, 1.807) is 54.6 Å². The number of benzene rings is 3.